The molecule has 0 saturated heterocycles. The number of carbonyl (C=O) groups excluding carboxylic acids is 1. The first-order chi connectivity index (χ1) is 15.2. The fraction of sp³-hybridized carbons (Fsp3) is 0.500. The van der Waals surface area contributed by atoms with Crippen LogP contribution in [-0.4, -0.2) is 46.4 Å². The van der Waals surface area contributed by atoms with E-state index in [1.165, 1.54) is 4.31 Å². The van der Waals surface area contributed by atoms with Crippen molar-refractivity contribution in [1.82, 2.24) is 24.3 Å². The number of aromatic nitrogens is 3. The van der Waals surface area contributed by atoms with Gasteiger partial charge < -0.3 is 14.4 Å². The molecule has 10 heteroatoms. The molecule has 1 N–H and O–H groups in total. The summed E-state index contributed by atoms with van der Waals surface area (Å²) >= 11 is 0. The van der Waals surface area contributed by atoms with Crippen molar-refractivity contribution in [2.75, 3.05) is 13.1 Å². The van der Waals surface area contributed by atoms with E-state index in [0.717, 1.165) is 22.6 Å². The van der Waals surface area contributed by atoms with E-state index in [4.69, 9.17) is 4.52 Å². The van der Waals surface area contributed by atoms with E-state index in [1.807, 2.05) is 39.2 Å². The van der Waals surface area contributed by atoms with E-state index in [0.29, 0.717) is 43.9 Å². The summed E-state index contributed by atoms with van der Waals surface area (Å²) in [7, 11) is -3.56. The zero-order chi connectivity index (χ0) is 23.5. The Bertz CT molecular complexity index is 1190. The SMILES string of the molecule is CCN(CC)S(=O)(=O)c1ccc2c(c1)nc(CCC(=O)NCc1c(C)noc1C)n2CC. The van der Waals surface area contributed by atoms with Crippen LogP contribution in [0.15, 0.2) is 27.6 Å². The lowest BCUT2D eigenvalue weighted by molar-refractivity contribution is -0.121. The van der Waals surface area contributed by atoms with Gasteiger partial charge in [-0.2, -0.15) is 4.31 Å². The highest BCUT2D eigenvalue weighted by atomic mass is 32.2. The maximum Gasteiger partial charge on any atom is 0.243 e. The summed E-state index contributed by atoms with van der Waals surface area (Å²) in [5.41, 5.74) is 3.13. The number of hydrogen-bond acceptors (Lipinski definition) is 6. The highest BCUT2D eigenvalue weighted by Gasteiger charge is 2.23. The van der Waals surface area contributed by atoms with Gasteiger partial charge in [0.25, 0.3) is 0 Å². The third-order valence-corrected chi connectivity index (χ3v) is 7.72. The quantitative estimate of drug-likeness (QED) is 0.497. The highest BCUT2D eigenvalue weighted by Crippen LogP contribution is 2.23. The first-order valence-corrected chi connectivity index (χ1v) is 12.3. The molecule has 174 valence electrons. The third kappa shape index (κ3) is 4.71. The number of hydrogen-bond donors (Lipinski definition) is 1. The molecule has 0 spiro atoms. The second-order valence-corrected chi connectivity index (χ2v) is 9.53. The maximum atomic E-state index is 12.9. The lowest BCUT2D eigenvalue weighted by atomic mass is 10.2. The molecule has 0 fully saturated rings. The minimum absolute atomic E-state index is 0.0930. The van der Waals surface area contributed by atoms with Crippen LogP contribution in [0.3, 0.4) is 0 Å². The van der Waals surface area contributed by atoms with Gasteiger partial charge in [-0.25, -0.2) is 13.4 Å². The van der Waals surface area contributed by atoms with Crippen molar-refractivity contribution in [3.8, 4) is 0 Å². The Balaban J connectivity index is 1.76. The number of fused-ring (bicyclic) bond motifs is 1. The third-order valence-electron chi connectivity index (χ3n) is 5.68. The van der Waals surface area contributed by atoms with Crippen LogP contribution in [0.5, 0.6) is 0 Å². The number of aryl methyl sites for hydroxylation is 4. The number of nitrogens with one attached hydrogen (secondary N) is 1. The Morgan fingerprint density at radius 2 is 1.91 bits per heavy atom. The van der Waals surface area contributed by atoms with Gasteiger partial charge in [0.2, 0.25) is 15.9 Å². The molecule has 0 unspecified atom stereocenters. The average molecular weight is 462 g/mol. The zero-order valence-corrected chi connectivity index (χ0v) is 20.1. The van der Waals surface area contributed by atoms with E-state index >= 15 is 0 Å². The Kier molecular flexibility index (Phi) is 7.35. The monoisotopic (exact) mass is 461 g/mol. The summed E-state index contributed by atoms with van der Waals surface area (Å²) in [5.74, 6) is 1.36. The van der Waals surface area contributed by atoms with Crippen LogP contribution in [0.4, 0.5) is 0 Å². The van der Waals surface area contributed by atoms with Gasteiger partial charge in [-0.1, -0.05) is 19.0 Å². The molecule has 0 atom stereocenters. The Labute approximate surface area is 188 Å². The normalized spacial score (nSPS) is 12.1. The fourth-order valence-corrected chi connectivity index (χ4v) is 5.31. The molecule has 0 aliphatic carbocycles. The fourth-order valence-electron chi connectivity index (χ4n) is 3.83. The standard InChI is InChI=1S/C22H31N5O4S/c1-6-26(7-2)32(29,30)17-9-10-20-19(13-17)24-21(27(20)8-3)11-12-22(28)23-14-18-15(4)25-31-16(18)5/h9-10,13H,6-8,11-12,14H2,1-5H3,(H,23,28). The number of amides is 1. The van der Waals surface area contributed by atoms with Crippen molar-refractivity contribution in [3.05, 3.63) is 41.0 Å². The molecule has 0 radical (unpaired) electrons. The van der Waals surface area contributed by atoms with Gasteiger partial charge in [0.05, 0.1) is 21.6 Å². The van der Waals surface area contributed by atoms with Crippen LogP contribution in [0, 0.1) is 13.8 Å². The largest absolute Gasteiger partial charge is 0.361 e. The molecule has 9 nitrogen and oxygen atoms in total. The molecular formula is C22H31N5O4S. The molecule has 0 aliphatic rings. The smallest absolute Gasteiger partial charge is 0.243 e. The number of benzene rings is 1. The van der Waals surface area contributed by atoms with Crippen LogP contribution in [0.1, 0.15) is 50.0 Å². The zero-order valence-electron chi connectivity index (χ0n) is 19.3. The van der Waals surface area contributed by atoms with Gasteiger partial charge in [-0.05, 0) is 39.0 Å². The molecule has 0 saturated carbocycles. The highest BCUT2D eigenvalue weighted by molar-refractivity contribution is 7.89. The van der Waals surface area contributed by atoms with Gasteiger partial charge in [0, 0.05) is 44.6 Å². The molecule has 0 aliphatic heterocycles. The minimum Gasteiger partial charge on any atom is -0.361 e. The first-order valence-electron chi connectivity index (χ1n) is 10.9. The van der Waals surface area contributed by atoms with E-state index in [1.54, 1.807) is 18.2 Å². The van der Waals surface area contributed by atoms with Gasteiger partial charge in [0.15, 0.2) is 0 Å². The van der Waals surface area contributed by atoms with Crippen LogP contribution in [0.2, 0.25) is 0 Å². The molecule has 1 amide bonds. The first kappa shape index (κ1) is 23.9. The van der Waals surface area contributed by atoms with Gasteiger partial charge in [0.1, 0.15) is 11.6 Å². The molecule has 0 bridgehead atoms. The second kappa shape index (κ2) is 9.83. The van der Waals surface area contributed by atoms with E-state index < -0.39 is 10.0 Å². The molecule has 3 aromatic rings. The van der Waals surface area contributed by atoms with Crippen LogP contribution >= 0.6 is 0 Å². The Morgan fingerprint density at radius 3 is 2.50 bits per heavy atom. The van der Waals surface area contributed by atoms with E-state index in [2.05, 4.69) is 15.5 Å². The van der Waals surface area contributed by atoms with Crippen molar-refractivity contribution in [2.24, 2.45) is 0 Å². The maximum absolute atomic E-state index is 12.9. The molecular weight excluding hydrogens is 430 g/mol. The summed E-state index contributed by atoms with van der Waals surface area (Å²) in [6, 6.07) is 5.04. The number of nitrogens with zero attached hydrogens (tertiary/aromatic N) is 4. The number of carbonyl (C=O) groups is 1. The van der Waals surface area contributed by atoms with Crippen molar-refractivity contribution in [3.63, 3.8) is 0 Å². The lowest BCUT2D eigenvalue weighted by Gasteiger charge is -2.18. The summed E-state index contributed by atoms with van der Waals surface area (Å²) in [6.07, 6.45) is 0.728. The number of rotatable bonds is 10. The summed E-state index contributed by atoms with van der Waals surface area (Å²) in [5, 5.41) is 6.80. The molecule has 32 heavy (non-hydrogen) atoms. The number of imidazole rings is 1. The van der Waals surface area contributed by atoms with E-state index in [9.17, 15) is 13.2 Å². The van der Waals surface area contributed by atoms with Crippen LogP contribution in [0.25, 0.3) is 11.0 Å². The summed E-state index contributed by atoms with van der Waals surface area (Å²) < 4.78 is 34.3. The van der Waals surface area contributed by atoms with Crippen molar-refractivity contribution in [2.45, 2.75) is 65.4 Å². The predicted molar refractivity (Wildman–Crippen MR) is 122 cm³/mol. The van der Waals surface area contributed by atoms with Crippen molar-refractivity contribution >= 4 is 27.0 Å². The van der Waals surface area contributed by atoms with Crippen LogP contribution < -0.4 is 5.32 Å². The second-order valence-electron chi connectivity index (χ2n) is 7.59. The minimum atomic E-state index is -3.56. The summed E-state index contributed by atoms with van der Waals surface area (Å²) in [4.78, 5) is 17.3. The number of sulfonamides is 1. The Hall–Kier alpha value is -2.72. The van der Waals surface area contributed by atoms with Crippen LogP contribution in [-0.2, 0) is 34.3 Å². The lowest BCUT2D eigenvalue weighted by Crippen LogP contribution is -2.30. The van der Waals surface area contributed by atoms with Gasteiger partial charge in [-0.3, -0.25) is 4.79 Å². The van der Waals surface area contributed by atoms with Gasteiger partial charge in [-0.15, -0.1) is 0 Å². The van der Waals surface area contributed by atoms with Crippen molar-refractivity contribution in [1.29, 1.82) is 0 Å². The molecule has 3 rings (SSSR count). The summed E-state index contributed by atoms with van der Waals surface area (Å²) in [6.45, 7) is 11.2. The topological polar surface area (TPSA) is 110 Å². The molecule has 1 aromatic carbocycles. The van der Waals surface area contributed by atoms with Crippen molar-refractivity contribution < 1.29 is 17.7 Å². The average Bonchev–Trinajstić information content (AvgIpc) is 3.29. The molecule has 2 heterocycles. The van der Waals surface area contributed by atoms with E-state index in [-0.39, 0.29) is 17.2 Å². The van der Waals surface area contributed by atoms with Gasteiger partial charge >= 0.3 is 0 Å². The Morgan fingerprint density at radius 1 is 1.19 bits per heavy atom. The molecule has 2 aromatic heterocycles. The predicted octanol–water partition coefficient (Wildman–Crippen LogP) is 2.94.